The van der Waals surface area contributed by atoms with E-state index in [1.54, 1.807) is 0 Å². The second-order valence-electron chi connectivity index (χ2n) is 2.31. The molecule has 0 bridgehead atoms. The van der Waals surface area contributed by atoms with Gasteiger partial charge in [-0.1, -0.05) is 15.9 Å². The number of aromatic amines is 1. The quantitative estimate of drug-likeness (QED) is 0.660. The van der Waals surface area contributed by atoms with Crippen molar-refractivity contribution >= 4 is 31.9 Å². The van der Waals surface area contributed by atoms with E-state index in [1.807, 2.05) is 0 Å². The predicted molar refractivity (Wildman–Crippen MR) is 52.4 cm³/mol. The van der Waals surface area contributed by atoms with Crippen molar-refractivity contribution in [2.24, 2.45) is 0 Å². The smallest absolute Gasteiger partial charge is 0.269 e. The van der Waals surface area contributed by atoms with E-state index in [4.69, 9.17) is 0 Å². The van der Waals surface area contributed by atoms with E-state index in [9.17, 15) is 13.6 Å². The van der Waals surface area contributed by atoms with Crippen molar-refractivity contribution in [1.29, 1.82) is 0 Å². The van der Waals surface area contributed by atoms with E-state index in [1.165, 1.54) is 0 Å². The number of alkyl halides is 3. The summed E-state index contributed by atoms with van der Waals surface area (Å²) in [7, 11) is 0. The van der Waals surface area contributed by atoms with Gasteiger partial charge in [0.1, 0.15) is 0 Å². The Hall–Kier alpha value is -0.230. The highest BCUT2D eigenvalue weighted by Crippen LogP contribution is 2.21. The normalized spacial score (nSPS) is 10.8. The van der Waals surface area contributed by atoms with Gasteiger partial charge < -0.3 is 4.98 Å². The average Bonchev–Trinajstić information content (AvgIpc) is 2.01. The lowest BCUT2D eigenvalue weighted by atomic mass is 10.2. The van der Waals surface area contributed by atoms with Gasteiger partial charge in [-0.05, 0) is 15.9 Å². The zero-order valence-corrected chi connectivity index (χ0v) is 9.45. The predicted octanol–water partition coefficient (Wildman–Crippen LogP) is 2.97. The highest BCUT2D eigenvalue weighted by atomic mass is 79.9. The van der Waals surface area contributed by atoms with Crippen molar-refractivity contribution in [3.05, 3.63) is 32.2 Å². The number of nitrogens with one attached hydrogen (secondary N) is 1. The van der Waals surface area contributed by atoms with Crippen LogP contribution in [0.15, 0.2) is 15.5 Å². The van der Waals surface area contributed by atoms with Crippen molar-refractivity contribution in [3.63, 3.8) is 0 Å². The lowest BCUT2D eigenvalue weighted by Gasteiger charge is -2.05. The Kier molecular flexibility index (Phi) is 3.61. The van der Waals surface area contributed by atoms with Crippen molar-refractivity contribution in [1.82, 2.24) is 4.98 Å². The minimum absolute atomic E-state index is 0.196. The SMILES string of the molecule is O=c1cc(Br)[nH]c(CBr)c1C(F)F. The molecular weight excluding hydrogens is 312 g/mol. The van der Waals surface area contributed by atoms with Crippen molar-refractivity contribution in [3.8, 4) is 0 Å². The molecule has 0 spiro atoms. The Morgan fingerprint density at radius 3 is 2.62 bits per heavy atom. The Morgan fingerprint density at radius 2 is 2.15 bits per heavy atom. The topological polar surface area (TPSA) is 32.9 Å². The summed E-state index contributed by atoms with van der Waals surface area (Å²) in [6.45, 7) is 0. The molecule has 0 saturated carbocycles. The highest BCUT2D eigenvalue weighted by molar-refractivity contribution is 9.10. The van der Waals surface area contributed by atoms with E-state index in [0.717, 1.165) is 6.07 Å². The van der Waals surface area contributed by atoms with Crippen LogP contribution in [0.25, 0.3) is 0 Å². The van der Waals surface area contributed by atoms with Gasteiger partial charge in [-0.25, -0.2) is 8.78 Å². The van der Waals surface area contributed by atoms with Gasteiger partial charge in [0.05, 0.1) is 10.2 Å². The minimum Gasteiger partial charge on any atom is -0.352 e. The third kappa shape index (κ3) is 2.37. The fourth-order valence-electron chi connectivity index (χ4n) is 0.934. The third-order valence-electron chi connectivity index (χ3n) is 1.47. The lowest BCUT2D eigenvalue weighted by molar-refractivity contribution is 0.148. The number of rotatable bonds is 2. The van der Waals surface area contributed by atoms with Crippen LogP contribution in [0, 0.1) is 0 Å². The summed E-state index contributed by atoms with van der Waals surface area (Å²) < 4.78 is 25.1. The molecule has 0 atom stereocenters. The highest BCUT2D eigenvalue weighted by Gasteiger charge is 2.17. The van der Waals surface area contributed by atoms with Crippen LogP contribution in [0.1, 0.15) is 17.7 Å². The number of pyridine rings is 1. The molecule has 1 N–H and O–H groups in total. The number of hydrogen-bond donors (Lipinski definition) is 1. The molecular formula is C7H5Br2F2NO. The lowest BCUT2D eigenvalue weighted by Crippen LogP contribution is -2.13. The first kappa shape index (κ1) is 10.8. The van der Waals surface area contributed by atoms with Crippen molar-refractivity contribution in [2.75, 3.05) is 0 Å². The minimum atomic E-state index is -2.75. The van der Waals surface area contributed by atoms with Crippen LogP contribution in [-0.4, -0.2) is 4.98 Å². The molecule has 1 heterocycles. The van der Waals surface area contributed by atoms with Crippen LogP contribution in [-0.2, 0) is 5.33 Å². The zero-order valence-electron chi connectivity index (χ0n) is 6.28. The summed E-state index contributed by atoms with van der Waals surface area (Å²) >= 11 is 6.04. The van der Waals surface area contributed by atoms with Crippen LogP contribution in [0.5, 0.6) is 0 Å². The van der Waals surface area contributed by atoms with E-state index >= 15 is 0 Å². The molecule has 0 aliphatic carbocycles. The maximum Gasteiger partial charge on any atom is 0.269 e. The van der Waals surface area contributed by atoms with Gasteiger partial charge in [0, 0.05) is 17.1 Å². The van der Waals surface area contributed by atoms with Crippen LogP contribution in [0.2, 0.25) is 0 Å². The third-order valence-corrected chi connectivity index (χ3v) is 2.46. The molecule has 2 nitrogen and oxygen atoms in total. The fraction of sp³-hybridized carbons (Fsp3) is 0.286. The molecule has 6 heteroatoms. The molecule has 0 radical (unpaired) electrons. The first-order valence-corrected chi connectivity index (χ1v) is 5.23. The standard InChI is InChI=1S/C7H5Br2F2NO/c8-2-3-6(7(10)11)4(13)1-5(9)12-3/h1,7H,2H2,(H,12,13). The van der Waals surface area contributed by atoms with Gasteiger partial charge in [-0.15, -0.1) is 0 Å². The molecule has 1 aromatic rings. The van der Waals surface area contributed by atoms with E-state index in [2.05, 4.69) is 36.8 Å². The fourth-order valence-corrected chi connectivity index (χ4v) is 1.82. The molecule has 0 unspecified atom stereocenters. The second kappa shape index (κ2) is 4.32. The first-order chi connectivity index (χ1) is 6.06. The van der Waals surface area contributed by atoms with E-state index in [0.29, 0.717) is 4.60 Å². The summed E-state index contributed by atoms with van der Waals surface area (Å²) in [5.74, 6) is 0. The van der Waals surface area contributed by atoms with Gasteiger partial charge >= 0.3 is 0 Å². The molecule has 0 amide bonds. The summed E-state index contributed by atoms with van der Waals surface area (Å²) in [5, 5.41) is 0.196. The average molecular weight is 317 g/mol. The Balaban J connectivity index is 3.39. The molecule has 0 aliphatic rings. The molecule has 0 fully saturated rings. The monoisotopic (exact) mass is 315 g/mol. The first-order valence-electron chi connectivity index (χ1n) is 3.32. The summed E-state index contributed by atoms with van der Waals surface area (Å²) in [6, 6.07) is 1.09. The largest absolute Gasteiger partial charge is 0.352 e. The van der Waals surface area contributed by atoms with Crippen LogP contribution >= 0.6 is 31.9 Å². The van der Waals surface area contributed by atoms with Crippen LogP contribution in [0.4, 0.5) is 8.78 Å². The van der Waals surface area contributed by atoms with Gasteiger partial charge in [-0.2, -0.15) is 0 Å². The number of halogens is 4. The molecule has 0 aromatic carbocycles. The molecule has 13 heavy (non-hydrogen) atoms. The maximum atomic E-state index is 12.4. The van der Waals surface area contributed by atoms with Crippen LogP contribution < -0.4 is 5.43 Å². The van der Waals surface area contributed by atoms with Gasteiger partial charge in [0.2, 0.25) is 0 Å². The van der Waals surface area contributed by atoms with Gasteiger partial charge in [-0.3, -0.25) is 4.79 Å². The molecule has 0 aliphatic heterocycles. The number of H-pyrrole nitrogens is 1. The molecule has 72 valence electrons. The summed E-state index contributed by atoms with van der Waals surface area (Å²) in [4.78, 5) is 13.7. The van der Waals surface area contributed by atoms with Crippen molar-refractivity contribution in [2.45, 2.75) is 11.8 Å². The Morgan fingerprint density at radius 1 is 1.54 bits per heavy atom. The van der Waals surface area contributed by atoms with E-state index in [-0.39, 0.29) is 11.0 Å². The summed E-state index contributed by atoms with van der Waals surface area (Å²) in [5.41, 5.74) is -0.926. The van der Waals surface area contributed by atoms with E-state index < -0.39 is 17.4 Å². The molecule has 1 aromatic heterocycles. The number of aromatic nitrogens is 1. The molecule has 1 rings (SSSR count). The number of hydrogen-bond acceptors (Lipinski definition) is 1. The van der Waals surface area contributed by atoms with Crippen LogP contribution in [0.3, 0.4) is 0 Å². The second-order valence-corrected chi connectivity index (χ2v) is 3.72. The zero-order chi connectivity index (χ0) is 10.0. The van der Waals surface area contributed by atoms with Crippen molar-refractivity contribution < 1.29 is 8.78 Å². The van der Waals surface area contributed by atoms with Gasteiger partial charge in [0.25, 0.3) is 6.43 Å². The molecule has 0 saturated heterocycles. The maximum absolute atomic E-state index is 12.4. The van der Waals surface area contributed by atoms with Gasteiger partial charge in [0.15, 0.2) is 5.43 Å². The Bertz CT molecular complexity index is 364. The summed E-state index contributed by atoms with van der Waals surface area (Å²) in [6.07, 6.45) is -2.75. The Labute approximate surface area is 89.6 Å².